The fraction of sp³-hybridized carbons (Fsp3) is 0.500. The first-order valence-electron chi connectivity index (χ1n) is 7.78. The van der Waals surface area contributed by atoms with Crippen LogP contribution in [0.5, 0.6) is 0 Å². The van der Waals surface area contributed by atoms with Crippen molar-refractivity contribution in [2.45, 2.75) is 34.1 Å². The second kappa shape index (κ2) is 6.44. The Kier molecular flexibility index (Phi) is 4.84. The molecule has 0 fully saturated rings. The quantitative estimate of drug-likeness (QED) is 0.879. The van der Waals surface area contributed by atoms with Gasteiger partial charge in [0.15, 0.2) is 0 Å². The molecule has 2 N–H and O–H groups in total. The molecule has 3 nitrogen and oxygen atoms in total. The lowest BCUT2D eigenvalue weighted by Crippen LogP contribution is -2.39. The number of aromatic nitrogens is 1. The average Bonchev–Trinajstić information content (AvgIpc) is 2.45. The monoisotopic (exact) mass is 285 g/mol. The second-order valence-corrected chi connectivity index (χ2v) is 6.59. The van der Waals surface area contributed by atoms with Crippen LogP contribution in [0.1, 0.15) is 32.9 Å². The number of anilines is 1. The van der Waals surface area contributed by atoms with Crippen molar-refractivity contribution in [1.29, 1.82) is 0 Å². The molecule has 0 unspecified atom stereocenters. The van der Waals surface area contributed by atoms with Crippen LogP contribution in [0.25, 0.3) is 10.9 Å². The zero-order valence-corrected chi connectivity index (χ0v) is 13.7. The Hall–Kier alpha value is -1.61. The lowest BCUT2D eigenvalue weighted by Gasteiger charge is -2.34. The molecule has 0 aliphatic heterocycles. The fourth-order valence-electron chi connectivity index (χ4n) is 2.68. The third-order valence-corrected chi connectivity index (χ3v) is 3.83. The van der Waals surface area contributed by atoms with E-state index in [-0.39, 0.29) is 5.41 Å². The third kappa shape index (κ3) is 3.73. The van der Waals surface area contributed by atoms with E-state index >= 15 is 0 Å². The van der Waals surface area contributed by atoms with E-state index in [1.165, 1.54) is 11.1 Å². The minimum absolute atomic E-state index is 0.105. The first-order valence-corrected chi connectivity index (χ1v) is 7.78. The van der Waals surface area contributed by atoms with Crippen LogP contribution in [0.15, 0.2) is 30.3 Å². The summed E-state index contributed by atoms with van der Waals surface area (Å²) < 4.78 is 0. The molecule has 1 aromatic heterocycles. The number of para-hydroxylation sites is 1. The summed E-state index contributed by atoms with van der Waals surface area (Å²) in [6.45, 7) is 11.4. The van der Waals surface area contributed by atoms with Crippen LogP contribution in [-0.4, -0.2) is 24.6 Å². The van der Waals surface area contributed by atoms with Gasteiger partial charge in [0.25, 0.3) is 0 Å². The zero-order valence-electron chi connectivity index (χ0n) is 13.7. The van der Waals surface area contributed by atoms with Gasteiger partial charge in [0.1, 0.15) is 0 Å². The van der Waals surface area contributed by atoms with Gasteiger partial charge in [-0.15, -0.1) is 0 Å². The smallest absolute Gasteiger partial charge is 0.0726 e. The van der Waals surface area contributed by atoms with E-state index < -0.39 is 0 Å². The summed E-state index contributed by atoms with van der Waals surface area (Å²) in [7, 11) is 0. The van der Waals surface area contributed by atoms with Gasteiger partial charge < -0.3 is 10.6 Å². The minimum Gasteiger partial charge on any atom is -0.370 e. The maximum atomic E-state index is 5.93. The summed E-state index contributed by atoms with van der Waals surface area (Å²) in [5.41, 5.74) is 9.45. The summed E-state index contributed by atoms with van der Waals surface area (Å²) in [6, 6.07) is 10.6. The van der Waals surface area contributed by atoms with Crippen LogP contribution in [0.2, 0.25) is 0 Å². The first-order chi connectivity index (χ1) is 9.96. The molecule has 2 aromatic rings. The topological polar surface area (TPSA) is 42.1 Å². The second-order valence-electron chi connectivity index (χ2n) is 6.59. The number of aryl methyl sites for hydroxylation is 1. The molecule has 0 saturated carbocycles. The number of hydrogen-bond donors (Lipinski definition) is 1. The number of nitrogens with two attached hydrogens (primary N) is 1. The molecule has 0 aliphatic carbocycles. The summed E-state index contributed by atoms with van der Waals surface area (Å²) in [5, 5.41) is 1.23. The van der Waals surface area contributed by atoms with Gasteiger partial charge in [-0.2, -0.15) is 0 Å². The molecule has 3 heteroatoms. The van der Waals surface area contributed by atoms with E-state index in [0.29, 0.717) is 6.54 Å². The van der Waals surface area contributed by atoms with Gasteiger partial charge in [-0.05, 0) is 37.4 Å². The van der Waals surface area contributed by atoms with Crippen molar-refractivity contribution in [2.75, 3.05) is 24.5 Å². The summed E-state index contributed by atoms with van der Waals surface area (Å²) in [5.74, 6) is 0. The van der Waals surface area contributed by atoms with Crippen molar-refractivity contribution >= 4 is 16.6 Å². The van der Waals surface area contributed by atoms with Crippen molar-refractivity contribution in [2.24, 2.45) is 11.1 Å². The largest absolute Gasteiger partial charge is 0.370 e. The van der Waals surface area contributed by atoms with Crippen molar-refractivity contribution in [3.8, 4) is 0 Å². The molecule has 0 atom stereocenters. The highest BCUT2D eigenvalue weighted by atomic mass is 15.1. The Bertz CT molecular complexity index is 604. The minimum atomic E-state index is 0.105. The fourth-order valence-corrected chi connectivity index (χ4v) is 2.68. The van der Waals surface area contributed by atoms with Crippen LogP contribution in [-0.2, 0) is 0 Å². The molecule has 21 heavy (non-hydrogen) atoms. The van der Waals surface area contributed by atoms with E-state index in [1.54, 1.807) is 0 Å². The predicted octanol–water partition coefficient (Wildman–Crippen LogP) is 3.74. The van der Waals surface area contributed by atoms with Gasteiger partial charge in [-0.25, -0.2) is 0 Å². The molecule has 1 aromatic carbocycles. The van der Waals surface area contributed by atoms with Crippen LogP contribution < -0.4 is 10.6 Å². The Morgan fingerprint density at radius 2 is 1.95 bits per heavy atom. The van der Waals surface area contributed by atoms with Crippen LogP contribution >= 0.6 is 0 Å². The standard InChI is InChI=1S/C18H27N3/c1-5-10-21(13-18(3,4)12-19)17-11-14(2)20-16-9-7-6-8-15(16)17/h6-9,11H,5,10,12-13,19H2,1-4H3. The Morgan fingerprint density at radius 3 is 2.62 bits per heavy atom. The van der Waals surface area contributed by atoms with E-state index in [9.17, 15) is 0 Å². The van der Waals surface area contributed by atoms with E-state index in [1.807, 2.05) is 6.07 Å². The molecular weight excluding hydrogens is 258 g/mol. The predicted molar refractivity (Wildman–Crippen MR) is 91.8 cm³/mol. The van der Waals surface area contributed by atoms with Crippen molar-refractivity contribution in [3.63, 3.8) is 0 Å². The van der Waals surface area contributed by atoms with Gasteiger partial charge in [0.2, 0.25) is 0 Å². The van der Waals surface area contributed by atoms with E-state index in [4.69, 9.17) is 5.73 Å². The van der Waals surface area contributed by atoms with Crippen LogP contribution in [0.3, 0.4) is 0 Å². The van der Waals surface area contributed by atoms with Crippen molar-refractivity contribution in [1.82, 2.24) is 4.98 Å². The summed E-state index contributed by atoms with van der Waals surface area (Å²) >= 11 is 0. The summed E-state index contributed by atoms with van der Waals surface area (Å²) in [4.78, 5) is 7.11. The van der Waals surface area contributed by atoms with E-state index in [0.717, 1.165) is 30.7 Å². The molecule has 114 valence electrons. The molecule has 0 bridgehead atoms. The van der Waals surface area contributed by atoms with Crippen molar-refractivity contribution < 1.29 is 0 Å². The molecule has 2 rings (SSSR count). The number of rotatable bonds is 6. The highest BCUT2D eigenvalue weighted by Crippen LogP contribution is 2.29. The van der Waals surface area contributed by atoms with Gasteiger partial charge in [-0.1, -0.05) is 39.0 Å². The first kappa shape index (κ1) is 15.8. The lowest BCUT2D eigenvalue weighted by atomic mass is 9.92. The van der Waals surface area contributed by atoms with Gasteiger partial charge >= 0.3 is 0 Å². The van der Waals surface area contributed by atoms with Crippen LogP contribution in [0.4, 0.5) is 5.69 Å². The molecular formula is C18H27N3. The molecule has 0 radical (unpaired) electrons. The Morgan fingerprint density at radius 1 is 1.24 bits per heavy atom. The molecule has 0 aliphatic rings. The Labute approximate surface area is 128 Å². The maximum absolute atomic E-state index is 5.93. The SMILES string of the molecule is CCCN(CC(C)(C)CN)c1cc(C)nc2ccccc12. The molecule has 0 spiro atoms. The molecule has 0 amide bonds. The zero-order chi connectivity index (χ0) is 15.5. The lowest BCUT2D eigenvalue weighted by molar-refractivity contribution is 0.378. The highest BCUT2D eigenvalue weighted by molar-refractivity contribution is 5.92. The number of benzene rings is 1. The average molecular weight is 285 g/mol. The van der Waals surface area contributed by atoms with E-state index in [2.05, 4.69) is 61.8 Å². The molecule has 1 heterocycles. The normalized spacial score (nSPS) is 11.9. The number of fused-ring (bicyclic) bond motifs is 1. The number of pyridine rings is 1. The van der Waals surface area contributed by atoms with Crippen LogP contribution in [0, 0.1) is 12.3 Å². The highest BCUT2D eigenvalue weighted by Gasteiger charge is 2.21. The van der Waals surface area contributed by atoms with Crippen molar-refractivity contribution in [3.05, 3.63) is 36.0 Å². The van der Waals surface area contributed by atoms with Gasteiger partial charge in [-0.3, -0.25) is 4.98 Å². The molecule has 0 saturated heterocycles. The summed E-state index contributed by atoms with van der Waals surface area (Å²) in [6.07, 6.45) is 1.12. The van der Waals surface area contributed by atoms with Gasteiger partial charge in [0.05, 0.1) is 5.52 Å². The van der Waals surface area contributed by atoms with Gasteiger partial charge in [0, 0.05) is 29.9 Å². The number of nitrogens with zero attached hydrogens (tertiary/aromatic N) is 2. The maximum Gasteiger partial charge on any atom is 0.0726 e. The number of hydrogen-bond acceptors (Lipinski definition) is 3. The Balaban J connectivity index is 2.49. The third-order valence-electron chi connectivity index (χ3n) is 3.83.